The number of carbonyl (C=O) groups is 1. The van der Waals surface area contributed by atoms with E-state index in [0.717, 1.165) is 17.2 Å². The van der Waals surface area contributed by atoms with E-state index in [1.54, 1.807) is 31.2 Å². The van der Waals surface area contributed by atoms with Crippen LogP contribution in [0.4, 0.5) is 13.2 Å². The minimum atomic E-state index is -4.45. The Morgan fingerprint density at radius 3 is 2.28 bits per heavy atom. The molecule has 4 rings (SSSR count). The fraction of sp³-hybridized carbons (Fsp3) is 0.300. The van der Waals surface area contributed by atoms with Crippen molar-refractivity contribution in [1.29, 1.82) is 0 Å². The lowest BCUT2D eigenvalue weighted by atomic mass is 9.94. The summed E-state index contributed by atoms with van der Waals surface area (Å²) in [5.41, 5.74) is 2.35. The molecule has 0 aliphatic carbocycles. The van der Waals surface area contributed by atoms with Crippen LogP contribution < -0.4 is 5.32 Å². The summed E-state index contributed by atoms with van der Waals surface area (Å²) >= 11 is 0. The summed E-state index contributed by atoms with van der Waals surface area (Å²) in [5, 5.41) is 7.23. The van der Waals surface area contributed by atoms with Crippen LogP contribution in [-0.2, 0) is 15.7 Å². The molecule has 0 spiro atoms. The van der Waals surface area contributed by atoms with Gasteiger partial charge in [0.25, 0.3) is 5.89 Å². The first-order valence-electron chi connectivity index (χ1n) is 12.5. The minimum absolute atomic E-state index is 0.0867. The molecule has 1 aromatic heterocycles. The second-order valence-corrected chi connectivity index (χ2v) is 10.3. The number of ether oxygens (including phenoxy) is 1. The second kappa shape index (κ2) is 11.0. The fourth-order valence-corrected chi connectivity index (χ4v) is 4.17. The molecule has 0 saturated carbocycles. The van der Waals surface area contributed by atoms with Gasteiger partial charge in [0, 0.05) is 17.2 Å². The lowest BCUT2D eigenvalue weighted by Gasteiger charge is -2.21. The van der Waals surface area contributed by atoms with Crippen LogP contribution in [0.2, 0.25) is 0 Å². The SMILES string of the molecule is Cc1cc(-c2nc(-c3ccc(C(C)NCC(=O)OC(C)(C)C)cc3)no2)ccc1-c1ccccc1C(F)(F)F. The molecule has 0 bridgehead atoms. The van der Waals surface area contributed by atoms with Crippen molar-refractivity contribution < 1.29 is 27.2 Å². The summed E-state index contributed by atoms with van der Waals surface area (Å²) in [7, 11) is 0. The number of halogens is 3. The molecule has 0 fully saturated rings. The van der Waals surface area contributed by atoms with Crippen molar-refractivity contribution in [3.8, 4) is 34.0 Å². The number of rotatable bonds is 7. The first-order chi connectivity index (χ1) is 18.3. The van der Waals surface area contributed by atoms with Crippen molar-refractivity contribution in [2.45, 2.75) is 52.4 Å². The zero-order valence-corrected chi connectivity index (χ0v) is 22.4. The van der Waals surface area contributed by atoms with Crippen molar-refractivity contribution in [3.63, 3.8) is 0 Å². The summed E-state index contributed by atoms with van der Waals surface area (Å²) in [6.45, 7) is 9.26. The van der Waals surface area contributed by atoms with Gasteiger partial charge < -0.3 is 14.6 Å². The van der Waals surface area contributed by atoms with Gasteiger partial charge in [0.15, 0.2) is 0 Å². The number of aryl methyl sites for hydroxylation is 1. The van der Waals surface area contributed by atoms with E-state index in [1.807, 2.05) is 52.0 Å². The zero-order chi connectivity index (χ0) is 28.4. The molecule has 0 radical (unpaired) electrons. The standard InChI is InChI=1S/C30H30F3N3O3/c1-18-16-22(14-15-23(18)24-8-6-7-9-25(24)30(31,32)33)28-35-27(36-39-28)21-12-10-20(11-13-21)19(2)34-17-26(37)38-29(3,4)5/h6-16,19,34H,17H2,1-5H3. The van der Waals surface area contributed by atoms with Crippen LogP contribution in [0.3, 0.4) is 0 Å². The van der Waals surface area contributed by atoms with Gasteiger partial charge in [-0.25, -0.2) is 0 Å². The van der Waals surface area contributed by atoms with Crippen LogP contribution in [0.5, 0.6) is 0 Å². The summed E-state index contributed by atoms with van der Waals surface area (Å²) in [4.78, 5) is 16.4. The molecule has 204 valence electrons. The van der Waals surface area contributed by atoms with Gasteiger partial charge in [0.2, 0.25) is 5.82 Å². The van der Waals surface area contributed by atoms with Crippen LogP contribution in [-0.4, -0.2) is 28.3 Å². The largest absolute Gasteiger partial charge is 0.459 e. The Bertz CT molecular complexity index is 1450. The number of hydrogen-bond acceptors (Lipinski definition) is 6. The summed E-state index contributed by atoms with van der Waals surface area (Å²) < 4.78 is 51.3. The summed E-state index contributed by atoms with van der Waals surface area (Å²) in [5.74, 6) is 0.327. The van der Waals surface area contributed by atoms with Crippen molar-refractivity contribution in [2.24, 2.45) is 0 Å². The zero-order valence-electron chi connectivity index (χ0n) is 22.4. The highest BCUT2D eigenvalue weighted by Crippen LogP contribution is 2.39. The molecule has 6 nitrogen and oxygen atoms in total. The molecular formula is C30H30F3N3O3. The molecule has 39 heavy (non-hydrogen) atoms. The third-order valence-electron chi connectivity index (χ3n) is 6.06. The van der Waals surface area contributed by atoms with Crippen LogP contribution in [0, 0.1) is 6.92 Å². The molecular weight excluding hydrogens is 507 g/mol. The average Bonchev–Trinajstić information content (AvgIpc) is 3.36. The molecule has 1 heterocycles. The highest BCUT2D eigenvalue weighted by molar-refractivity contribution is 5.74. The van der Waals surface area contributed by atoms with Crippen molar-refractivity contribution in [3.05, 3.63) is 83.4 Å². The minimum Gasteiger partial charge on any atom is -0.459 e. The smallest absolute Gasteiger partial charge is 0.417 e. The monoisotopic (exact) mass is 537 g/mol. The van der Waals surface area contributed by atoms with Gasteiger partial charge in [-0.3, -0.25) is 4.79 Å². The van der Waals surface area contributed by atoms with Gasteiger partial charge in [0.1, 0.15) is 5.60 Å². The van der Waals surface area contributed by atoms with Gasteiger partial charge in [-0.2, -0.15) is 18.2 Å². The van der Waals surface area contributed by atoms with Gasteiger partial charge in [-0.15, -0.1) is 0 Å². The Morgan fingerprint density at radius 2 is 1.64 bits per heavy atom. The second-order valence-electron chi connectivity index (χ2n) is 10.3. The van der Waals surface area contributed by atoms with Crippen LogP contribution in [0.1, 0.15) is 50.4 Å². The maximum Gasteiger partial charge on any atom is 0.417 e. The van der Waals surface area contributed by atoms with Crippen LogP contribution in [0.25, 0.3) is 34.0 Å². The normalized spacial score (nSPS) is 12.8. The number of nitrogens with one attached hydrogen (secondary N) is 1. The predicted molar refractivity (Wildman–Crippen MR) is 143 cm³/mol. The molecule has 9 heteroatoms. The van der Waals surface area contributed by atoms with Gasteiger partial charge in [0.05, 0.1) is 12.1 Å². The maximum absolute atomic E-state index is 13.5. The number of aromatic nitrogens is 2. The Labute approximate surface area is 225 Å². The van der Waals surface area contributed by atoms with E-state index < -0.39 is 17.3 Å². The molecule has 0 amide bonds. The van der Waals surface area contributed by atoms with Gasteiger partial charge in [-0.1, -0.05) is 53.7 Å². The van der Waals surface area contributed by atoms with E-state index in [9.17, 15) is 18.0 Å². The van der Waals surface area contributed by atoms with E-state index in [1.165, 1.54) is 12.1 Å². The fourth-order valence-electron chi connectivity index (χ4n) is 4.17. The van der Waals surface area contributed by atoms with E-state index in [4.69, 9.17) is 9.26 Å². The Morgan fingerprint density at radius 1 is 0.974 bits per heavy atom. The third-order valence-corrected chi connectivity index (χ3v) is 6.06. The lowest BCUT2D eigenvalue weighted by molar-refractivity contribution is -0.153. The van der Waals surface area contributed by atoms with Crippen LogP contribution >= 0.6 is 0 Å². The maximum atomic E-state index is 13.5. The molecule has 0 saturated heterocycles. The van der Waals surface area contributed by atoms with E-state index in [0.29, 0.717) is 22.5 Å². The number of esters is 1. The first-order valence-corrected chi connectivity index (χ1v) is 12.5. The summed E-state index contributed by atoms with van der Waals surface area (Å²) in [6, 6.07) is 18.0. The summed E-state index contributed by atoms with van der Waals surface area (Å²) in [6.07, 6.45) is -4.45. The highest BCUT2D eigenvalue weighted by Gasteiger charge is 2.33. The van der Waals surface area contributed by atoms with Crippen molar-refractivity contribution in [2.75, 3.05) is 6.54 Å². The lowest BCUT2D eigenvalue weighted by Crippen LogP contribution is -2.32. The van der Waals surface area contributed by atoms with E-state index >= 15 is 0 Å². The average molecular weight is 538 g/mol. The van der Waals surface area contributed by atoms with E-state index in [2.05, 4.69) is 15.5 Å². The molecule has 1 unspecified atom stereocenters. The number of hydrogen-bond donors (Lipinski definition) is 1. The number of benzene rings is 3. The van der Waals surface area contributed by atoms with Gasteiger partial charge in [-0.05, 0) is 75.1 Å². The topological polar surface area (TPSA) is 77.2 Å². The Kier molecular flexibility index (Phi) is 7.92. The predicted octanol–water partition coefficient (Wildman–Crippen LogP) is 7.39. The quantitative estimate of drug-likeness (QED) is 0.248. The molecule has 4 aromatic rings. The Hall–Kier alpha value is -3.98. The molecule has 1 N–H and O–H groups in total. The number of nitrogens with zero attached hydrogens (tertiary/aromatic N) is 2. The molecule has 3 aromatic carbocycles. The van der Waals surface area contributed by atoms with Crippen molar-refractivity contribution >= 4 is 5.97 Å². The number of alkyl halides is 3. The van der Waals surface area contributed by atoms with E-state index in [-0.39, 0.29) is 30.0 Å². The number of carbonyl (C=O) groups excluding carboxylic acids is 1. The van der Waals surface area contributed by atoms with Crippen LogP contribution in [0.15, 0.2) is 71.3 Å². The molecule has 1 atom stereocenters. The van der Waals surface area contributed by atoms with Gasteiger partial charge >= 0.3 is 12.1 Å². The molecule has 0 aliphatic rings. The Balaban J connectivity index is 1.47. The molecule has 0 aliphatic heterocycles. The first kappa shape index (κ1) is 28.0. The third kappa shape index (κ3) is 6.92. The van der Waals surface area contributed by atoms with Crippen molar-refractivity contribution in [1.82, 2.24) is 15.5 Å². The highest BCUT2D eigenvalue weighted by atomic mass is 19.4.